The Labute approximate surface area is 101 Å². The molecule has 2 atom stereocenters. The number of pyridine rings is 1. The van der Waals surface area contributed by atoms with E-state index in [0.29, 0.717) is 0 Å². The van der Waals surface area contributed by atoms with Gasteiger partial charge in [-0.2, -0.15) is 0 Å². The van der Waals surface area contributed by atoms with Gasteiger partial charge in [-0.05, 0) is 32.4 Å². The molecule has 3 nitrogen and oxygen atoms in total. The standard InChI is InChI=1S/C12H17ClN2O/c1-8-4-12(14-5-11(8)13)15-6-9(2)16-10(3)7-15/h4-5,9-10H,6-7H2,1-3H3/t9-,10+. The molecular weight excluding hydrogens is 224 g/mol. The average Bonchev–Trinajstić information content (AvgIpc) is 2.20. The number of halogens is 1. The molecule has 0 aliphatic carbocycles. The smallest absolute Gasteiger partial charge is 0.129 e. The van der Waals surface area contributed by atoms with Gasteiger partial charge >= 0.3 is 0 Å². The number of anilines is 1. The monoisotopic (exact) mass is 240 g/mol. The van der Waals surface area contributed by atoms with Crippen molar-refractivity contribution in [2.24, 2.45) is 0 Å². The summed E-state index contributed by atoms with van der Waals surface area (Å²) in [5, 5.41) is 0.720. The van der Waals surface area contributed by atoms with E-state index in [-0.39, 0.29) is 12.2 Å². The van der Waals surface area contributed by atoms with Gasteiger partial charge < -0.3 is 9.64 Å². The maximum atomic E-state index is 5.97. The molecule has 1 aromatic rings. The third kappa shape index (κ3) is 2.47. The molecule has 1 saturated heterocycles. The summed E-state index contributed by atoms with van der Waals surface area (Å²) in [7, 11) is 0. The van der Waals surface area contributed by atoms with Gasteiger partial charge in [0.2, 0.25) is 0 Å². The lowest BCUT2D eigenvalue weighted by molar-refractivity contribution is -0.00546. The summed E-state index contributed by atoms with van der Waals surface area (Å²) >= 11 is 5.97. The van der Waals surface area contributed by atoms with Gasteiger partial charge in [-0.3, -0.25) is 0 Å². The minimum absolute atomic E-state index is 0.251. The van der Waals surface area contributed by atoms with Crippen molar-refractivity contribution >= 4 is 17.4 Å². The zero-order valence-electron chi connectivity index (χ0n) is 9.90. The summed E-state index contributed by atoms with van der Waals surface area (Å²) in [4.78, 5) is 6.62. The first-order chi connectivity index (χ1) is 7.56. The summed E-state index contributed by atoms with van der Waals surface area (Å²) in [6, 6.07) is 2.03. The highest BCUT2D eigenvalue weighted by Gasteiger charge is 2.23. The third-order valence-electron chi connectivity index (χ3n) is 2.78. The van der Waals surface area contributed by atoms with Crippen molar-refractivity contribution < 1.29 is 4.74 Å². The molecule has 2 rings (SSSR count). The van der Waals surface area contributed by atoms with E-state index in [2.05, 4.69) is 23.7 Å². The van der Waals surface area contributed by atoms with Crippen LogP contribution >= 0.6 is 11.6 Å². The van der Waals surface area contributed by atoms with Gasteiger partial charge in [0.05, 0.1) is 17.2 Å². The van der Waals surface area contributed by atoms with E-state index < -0.39 is 0 Å². The predicted octanol–water partition coefficient (Wildman–Crippen LogP) is 2.66. The Kier molecular flexibility index (Phi) is 3.36. The molecule has 0 N–H and O–H groups in total. The summed E-state index contributed by atoms with van der Waals surface area (Å²) in [5.41, 5.74) is 1.07. The van der Waals surface area contributed by atoms with Gasteiger partial charge in [0.25, 0.3) is 0 Å². The second-order valence-electron chi connectivity index (χ2n) is 4.45. The maximum Gasteiger partial charge on any atom is 0.129 e. The fourth-order valence-corrected chi connectivity index (χ4v) is 2.17. The van der Waals surface area contributed by atoms with Crippen molar-refractivity contribution in [3.05, 3.63) is 22.8 Å². The molecule has 1 aliphatic rings. The number of morpholine rings is 1. The molecule has 4 heteroatoms. The van der Waals surface area contributed by atoms with Gasteiger partial charge in [0.15, 0.2) is 0 Å². The largest absolute Gasteiger partial charge is 0.372 e. The highest BCUT2D eigenvalue weighted by atomic mass is 35.5. The van der Waals surface area contributed by atoms with Crippen LogP contribution in [0.25, 0.3) is 0 Å². The summed E-state index contributed by atoms with van der Waals surface area (Å²) in [5.74, 6) is 0.990. The van der Waals surface area contributed by atoms with Crippen molar-refractivity contribution in [2.45, 2.75) is 33.0 Å². The van der Waals surface area contributed by atoms with Crippen LogP contribution in [0.15, 0.2) is 12.3 Å². The van der Waals surface area contributed by atoms with Gasteiger partial charge in [0.1, 0.15) is 5.82 Å². The molecule has 0 saturated carbocycles. The second kappa shape index (κ2) is 4.60. The third-order valence-corrected chi connectivity index (χ3v) is 3.17. The molecule has 0 spiro atoms. The van der Waals surface area contributed by atoms with Crippen LogP contribution in [0.4, 0.5) is 5.82 Å². The Morgan fingerprint density at radius 2 is 2.00 bits per heavy atom. The molecule has 16 heavy (non-hydrogen) atoms. The highest BCUT2D eigenvalue weighted by molar-refractivity contribution is 6.31. The Bertz CT molecular complexity index is 373. The average molecular weight is 241 g/mol. The van der Waals surface area contributed by atoms with Crippen LogP contribution in [-0.4, -0.2) is 30.3 Å². The van der Waals surface area contributed by atoms with Crippen LogP contribution in [0.1, 0.15) is 19.4 Å². The number of aromatic nitrogens is 1. The molecule has 2 heterocycles. The molecule has 0 bridgehead atoms. The fraction of sp³-hybridized carbons (Fsp3) is 0.583. The summed E-state index contributed by atoms with van der Waals surface area (Å²) in [6.45, 7) is 7.95. The van der Waals surface area contributed by atoms with E-state index in [1.54, 1.807) is 6.20 Å². The second-order valence-corrected chi connectivity index (χ2v) is 4.86. The van der Waals surface area contributed by atoms with Gasteiger partial charge in [-0.15, -0.1) is 0 Å². The van der Waals surface area contributed by atoms with E-state index >= 15 is 0 Å². The Morgan fingerprint density at radius 1 is 1.38 bits per heavy atom. The fourth-order valence-electron chi connectivity index (χ4n) is 2.06. The maximum absolute atomic E-state index is 5.97. The first-order valence-electron chi connectivity index (χ1n) is 5.59. The molecule has 1 fully saturated rings. The number of hydrogen-bond acceptors (Lipinski definition) is 3. The van der Waals surface area contributed by atoms with Gasteiger partial charge in [-0.25, -0.2) is 4.98 Å². The van der Waals surface area contributed by atoms with Crippen molar-refractivity contribution in [3.8, 4) is 0 Å². The van der Waals surface area contributed by atoms with Crippen LogP contribution in [-0.2, 0) is 4.74 Å². The minimum atomic E-state index is 0.251. The van der Waals surface area contributed by atoms with Gasteiger partial charge in [0, 0.05) is 19.3 Å². The lowest BCUT2D eigenvalue weighted by Crippen LogP contribution is -2.45. The Balaban J connectivity index is 2.19. The van der Waals surface area contributed by atoms with Crippen molar-refractivity contribution in [1.82, 2.24) is 4.98 Å². The lowest BCUT2D eigenvalue weighted by atomic mass is 10.2. The van der Waals surface area contributed by atoms with E-state index in [0.717, 1.165) is 29.5 Å². The molecule has 88 valence electrons. The van der Waals surface area contributed by atoms with Crippen LogP contribution < -0.4 is 4.90 Å². The van der Waals surface area contributed by atoms with E-state index in [4.69, 9.17) is 16.3 Å². The zero-order chi connectivity index (χ0) is 11.7. The number of aryl methyl sites for hydroxylation is 1. The zero-order valence-corrected chi connectivity index (χ0v) is 10.7. The van der Waals surface area contributed by atoms with Crippen LogP contribution in [0, 0.1) is 6.92 Å². The van der Waals surface area contributed by atoms with E-state index in [1.165, 1.54) is 0 Å². The number of nitrogens with zero attached hydrogens (tertiary/aromatic N) is 2. The molecule has 0 radical (unpaired) electrons. The first kappa shape index (κ1) is 11.7. The molecular formula is C12H17ClN2O. The van der Waals surface area contributed by atoms with Gasteiger partial charge in [-0.1, -0.05) is 11.6 Å². The summed E-state index contributed by atoms with van der Waals surface area (Å²) < 4.78 is 5.70. The number of hydrogen-bond donors (Lipinski definition) is 0. The van der Waals surface area contributed by atoms with Crippen molar-refractivity contribution in [3.63, 3.8) is 0 Å². The normalized spacial score (nSPS) is 25.9. The van der Waals surface area contributed by atoms with E-state index in [1.807, 2.05) is 13.0 Å². The van der Waals surface area contributed by atoms with E-state index in [9.17, 15) is 0 Å². The lowest BCUT2D eigenvalue weighted by Gasteiger charge is -2.36. The summed E-state index contributed by atoms with van der Waals surface area (Å²) in [6.07, 6.45) is 2.22. The molecule has 1 aliphatic heterocycles. The predicted molar refractivity (Wildman–Crippen MR) is 66.2 cm³/mol. The van der Waals surface area contributed by atoms with Crippen molar-refractivity contribution in [1.29, 1.82) is 0 Å². The molecule has 0 amide bonds. The SMILES string of the molecule is Cc1cc(N2C[C@@H](C)O[C@@H](C)C2)ncc1Cl. The minimum Gasteiger partial charge on any atom is -0.372 e. The molecule has 1 aromatic heterocycles. The highest BCUT2D eigenvalue weighted by Crippen LogP contribution is 2.22. The number of ether oxygens (including phenoxy) is 1. The van der Waals surface area contributed by atoms with Crippen LogP contribution in [0.2, 0.25) is 5.02 Å². The van der Waals surface area contributed by atoms with Crippen LogP contribution in [0.3, 0.4) is 0 Å². The topological polar surface area (TPSA) is 25.4 Å². The first-order valence-corrected chi connectivity index (χ1v) is 5.96. The quantitative estimate of drug-likeness (QED) is 0.755. The molecule has 0 unspecified atom stereocenters. The molecule has 0 aromatic carbocycles. The number of rotatable bonds is 1. The Hall–Kier alpha value is -0.800. The van der Waals surface area contributed by atoms with Crippen LogP contribution in [0.5, 0.6) is 0 Å². The van der Waals surface area contributed by atoms with Crippen molar-refractivity contribution in [2.75, 3.05) is 18.0 Å². The Morgan fingerprint density at radius 3 is 2.56 bits per heavy atom.